The number of rotatable bonds is 1. The molecule has 18 heavy (non-hydrogen) atoms. The molecular weight excluding hydrogens is 268 g/mol. The van der Waals surface area contributed by atoms with Crippen LogP contribution < -0.4 is 5.23 Å². The number of hydrogen-bond acceptors (Lipinski definition) is 2. The lowest BCUT2D eigenvalue weighted by Gasteiger charge is -2.19. The number of nitrogens with one attached hydrogen (secondary N) is 1. The molecule has 102 valence electrons. The van der Waals surface area contributed by atoms with E-state index >= 15 is 0 Å². The van der Waals surface area contributed by atoms with Crippen molar-refractivity contribution in [2.75, 3.05) is 0 Å². The van der Waals surface area contributed by atoms with E-state index in [-0.39, 0.29) is 12.1 Å². The highest BCUT2D eigenvalue weighted by molar-refractivity contribution is 5.47. The quantitative estimate of drug-likeness (QED) is 0.611. The maximum absolute atomic E-state index is 12.5. The Kier molecular flexibility index (Phi) is 3.61. The Hall–Kier alpha value is -1.32. The molecule has 3 nitrogen and oxygen atoms in total. The molecule has 0 saturated carbocycles. The Labute approximate surface area is 96.8 Å². The van der Waals surface area contributed by atoms with Crippen LogP contribution in [0.5, 0.6) is 0 Å². The molecule has 0 amide bonds. The van der Waals surface area contributed by atoms with Crippen LogP contribution in [-0.4, -0.2) is 5.21 Å². The molecule has 0 aliphatic rings. The first-order chi connectivity index (χ1) is 7.94. The van der Waals surface area contributed by atoms with Gasteiger partial charge in [-0.25, -0.2) is 5.21 Å². The van der Waals surface area contributed by atoms with Gasteiger partial charge in [0.05, 0.1) is 11.1 Å². The summed E-state index contributed by atoms with van der Waals surface area (Å²) in [4.78, 5) is 0. The smallest absolute Gasteiger partial charge is 0.416 e. The molecule has 1 rings (SSSR count). The lowest BCUT2D eigenvalue weighted by atomic mass is 10.0. The van der Waals surface area contributed by atoms with Crippen LogP contribution in [0.4, 0.5) is 32.0 Å². The molecule has 0 spiro atoms. The van der Waals surface area contributed by atoms with Gasteiger partial charge < -0.3 is 5.21 Å². The first-order valence-electron chi connectivity index (χ1n) is 4.47. The number of halogens is 6. The Morgan fingerprint density at radius 3 is 1.56 bits per heavy atom. The minimum absolute atomic E-state index is 0.187. The maximum Gasteiger partial charge on any atom is 0.416 e. The van der Waals surface area contributed by atoms with Crippen molar-refractivity contribution in [1.29, 1.82) is 0 Å². The van der Waals surface area contributed by atoms with Crippen molar-refractivity contribution < 1.29 is 36.8 Å². The Bertz CT molecular complexity index is 416. The van der Waals surface area contributed by atoms with Gasteiger partial charge in [0, 0.05) is 12.1 Å². The van der Waals surface area contributed by atoms with Crippen molar-refractivity contribution in [3.8, 4) is 0 Å². The second-order valence-corrected chi connectivity index (χ2v) is 3.50. The van der Waals surface area contributed by atoms with E-state index in [4.69, 9.17) is 5.21 Å². The minimum atomic E-state index is -5.05. The third kappa shape index (κ3) is 2.92. The summed E-state index contributed by atoms with van der Waals surface area (Å²) in [5, 5.41) is 17.2. The minimum Gasteiger partial charge on any atom is -0.595 e. The number of quaternary nitrogens is 1. The predicted octanol–water partition coefficient (Wildman–Crippen LogP) is 2.44. The van der Waals surface area contributed by atoms with Crippen LogP contribution in [0.3, 0.4) is 0 Å². The van der Waals surface area contributed by atoms with Crippen LogP contribution >= 0.6 is 0 Å². The predicted molar refractivity (Wildman–Crippen MR) is 47.0 cm³/mol. The van der Waals surface area contributed by atoms with E-state index in [1.165, 1.54) is 0 Å². The fraction of sp³-hybridized carbons (Fsp3) is 0.333. The second kappa shape index (κ2) is 4.41. The van der Waals surface area contributed by atoms with E-state index in [1.54, 1.807) is 0 Å². The summed E-state index contributed by atoms with van der Waals surface area (Å²) in [5.74, 6) is 0. The van der Waals surface area contributed by atoms with Gasteiger partial charge in [-0.05, 0) is 12.5 Å². The normalized spacial score (nSPS) is 14.7. The molecule has 1 aromatic rings. The van der Waals surface area contributed by atoms with Crippen molar-refractivity contribution >= 4 is 5.69 Å². The third-order valence-electron chi connectivity index (χ3n) is 2.27. The van der Waals surface area contributed by atoms with Gasteiger partial charge in [0.2, 0.25) is 0 Å². The first kappa shape index (κ1) is 14.7. The average molecular weight is 275 g/mol. The van der Waals surface area contributed by atoms with Crippen LogP contribution in [-0.2, 0) is 12.4 Å². The highest BCUT2D eigenvalue weighted by Gasteiger charge is 2.40. The second-order valence-electron chi connectivity index (χ2n) is 3.50. The van der Waals surface area contributed by atoms with E-state index in [1.807, 2.05) is 0 Å². The molecule has 2 N–H and O–H groups in total. The monoisotopic (exact) mass is 275 g/mol. The summed E-state index contributed by atoms with van der Waals surface area (Å²) in [6, 6.07) is 0.375. The molecule has 0 bridgehead atoms. The summed E-state index contributed by atoms with van der Waals surface area (Å²) in [7, 11) is 0. The zero-order chi connectivity index (χ0) is 14.3. The molecule has 0 radical (unpaired) electrons. The molecule has 0 heterocycles. The Balaban J connectivity index is 3.59. The molecule has 1 unspecified atom stereocenters. The van der Waals surface area contributed by atoms with Gasteiger partial charge in [-0.15, -0.1) is 0 Å². The van der Waals surface area contributed by atoms with Crippen molar-refractivity contribution in [2.45, 2.75) is 19.3 Å². The number of benzene rings is 1. The Morgan fingerprint density at radius 1 is 1.00 bits per heavy atom. The highest BCUT2D eigenvalue weighted by Crippen LogP contribution is 2.40. The van der Waals surface area contributed by atoms with Crippen LogP contribution in [0.2, 0.25) is 0 Å². The molecule has 0 saturated heterocycles. The molecule has 1 atom stereocenters. The van der Waals surface area contributed by atoms with Gasteiger partial charge in [0.15, 0.2) is 5.69 Å². The van der Waals surface area contributed by atoms with E-state index in [9.17, 15) is 31.5 Å². The van der Waals surface area contributed by atoms with Crippen LogP contribution in [0.15, 0.2) is 12.1 Å². The van der Waals surface area contributed by atoms with E-state index in [0.29, 0.717) is 6.92 Å². The lowest BCUT2D eigenvalue weighted by Crippen LogP contribution is -2.99. The van der Waals surface area contributed by atoms with Crippen molar-refractivity contribution in [2.24, 2.45) is 0 Å². The maximum atomic E-state index is 12.5. The summed E-state index contributed by atoms with van der Waals surface area (Å²) >= 11 is 0. The highest BCUT2D eigenvalue weighted by atomic mass is 19.4. The molecule has 0 fully saturated rings. The number of alkyl halides is 6. The summed E-state index contributed by atoms with van der Waals surface area (Å²) < 4.78 is 75.0. The average Bonchev–Trinajstić information content (AvgIpc) is 2.13. The zero-order valence-electron chi connectivity index (χ0n) is 8.78. The molecule has 0 aliphatic carbocycles. The molecule has 0 aliphatic heterocycles. The van der Waals surface area contributed by atoms with Crippen molar-refractivity contribution in [3.63, 3.8) is 0 Å². The fourth-order valence-corrected chi connectivity index (χ4v) is 1.43. The van der Waals surface area contributed by atoms with Gasteiger partial charge in [0.1, 0.15) is 0 Å². The standard InChI is InChI=1S/C9H7F6NO2/c1-4-6(8(10,11)12)2-5(16(17)18)3-7(4)9(13,14)15/h2-3,16-17H,1H3. The van der Waals surface area contributed by atoms with Crippen LogP contribution in [0.1, 0.15) is 16.7 Å². The zero-order valence-corrected chi connectivity index (χ0v) is 8.78. The lowest BCUT2D eigenvalue weighted by molar-refractivity contribution is -0.991. The third-order valence-corrected chi connectivity index (χ3v) is 2.27. The van der Waals surface area contributed by atoms with Gasteiger partial charge in [-0.1, -0.05) is 0 Å². The molecule has 9 heteroatoms. The van der Waals surface area contributed by atoms with Crippen LogP contribution in [0.25, 0.3) is 0 Å². The topological polar surface area (TPSA) is 47.7 Å². The van der Waals surface area contributed by atoms with E-state index in [2.05, 4.69) is 0 Å². The van der Waals surface area contributed by atoms with Crippen molar-refractivity contribution in [3.05, 3.63) is 34.0 Å². The number of hydrogen-bond donors (Lipinski definition) is 2. The molecule has 0 aromatic heterocycles. The summed E-state index contributed by atoms with van der Waals surface area (Å²) in [6.07, 6.45) is -10.1. The van der Waals surface area contributed by atoms with Gasteiger partial charge >= 0.3 is 12.4 Å². The van der Waals surface area contributed by atoms with Gasteiger partial charge in [0.25, 0.3) is 0 Å². The summed E-state index contributed by atoms with van der Waals surface area (Å²) in [6.45, 7) is 0.650. The van der Waals surface area contributed by atoms with Crippen LogP contribution in [0, 0.1) is 12.1 Å². The largest absolute Gasteiger partial charge is 0.595 e. The first-order valence-corrected chi connectivity index (χ1v) is 4.47. The Morgan fingerprint density at radius 2 is 1.33 bits per heavy atom. The van der Waals surface area contributed by atoms with E-state index < -0.39 is 40.0 Å². The SMILES string of the molecule is Cc1c(C(F)(F)F)cc([NH+]([O-])O)cc1C(F)(F)F. The van der Waals surface area contributed by atoms with Gasteiger partial charge in [-0.2, -0.15) is 31.6 Å². The van der Waals surface area contributed by atoms with Gasteiger partial charge in [-0.3, -0.25) is 0 Å². The fourth-order valence-electron chi connectivity index (χ4n) is 1.43. The molecular formula is C9H7F6NO2. The van der Waals surface area contributed by atoms with Crippen molar-refractivity contribution in [1.82, 2.24) is 0 Å². The molecule has 1 aromatic carbocycles. The van der Waals surface area contributed by atoms with E-state index in [0.717, 1.165) is 0 Å². The summed E-state index contributed by atoms with van der Waals surface area (Å²) in [5.41, 5.74) is -5.30.